The van der Waals surface area contributed by atoms with Crippen molar-refractivity contribution in [2.24, 2.45) is 5.92 Å². The third-order valence-electron chi connectivity index (χ3n) is 7.28. The Balaban J connectivity index is 1.61. The Morgan fingerprint density at radius 3 is 2.87 bits per heavy atom. The van der Waals surface area contributed by atoms with Crippen molar-refractivity contribution < 1.29 is 14.2 Å². The van der Waals surface area contributed by atoms with E-state index in [2.05, 4.69) is 51.2 Å². The predicted octanol–water partition coefficient (Wildman–Crippen LogP) is 5.79. The van der Waals surface area contributed by atoms with Gasteiger partial charge in [-0.2, -0.15) is 0 Å². The minimum Gasteiger partial charge on any atom is -0.493 e. The number of aryl methyl sites for hydroxylation is 1. The Morgan fingerprint density at radius 1 is 1.23 bits per heavy atom. The van der Waals surface area contributed by atoms with Crippen LogP contribution in [-0.2, 0) is 11.2 Å². The second kappa shape index (κ2) is 9.95. The van der Waals surface area contributed by atoms with Crippen molar-refractivity contribution in [3.63, 3.8) is 0 Å². The molecule has 4 rings (SSSR count). The van der Waals surface area contributed by atoms with Gasteiger partial charge in [0, 0.05) is 36.9 Å². The number of unbranched alkanes of at least 4 members (excludes halogenated alkanes) is 2. The van der Waals surface area contributed by atoms with Crippen LogP contribution in [0.15, 0.2) is 23.8 Å². The zero-order valence-electron chi connectivity index (χ0n) is 20.0. The van der Waals surface area contributed by atoms with Gasteiger partial charge in [-0.3, -0.25) is 0 Å². The summed E-state index contributed by atoms with van der Waals surface area (Å²) in [7, 11) is 0. The molecule has 2 heterocycles. The van der Waals surface area contributed by atoms with Crippen molar-refractivity contribution in [2.45, 2.75) is 90.3 Å². The van der Waals surface area contributed by atoms with Crippen LogP contribution in [0.3, 0.4) is 0 Å². The number of hydrogen-bond acceptors (Lipinski definition) is 4. The third kappa shape index (κ3) is 5.28. The Kier molecular flexibility index (Phi) is 7.28. The van der Waals surface area contributed by atoms with Crippen molar-refractivity contribution in [3.05, 3.63) is 34.9 Å². The van der Waals surface area contributed by atoms with E-state index in [9.17, 15) is 0 Å². The summed E-state index contributed by atoms with van der Waals surface area (Å²) in [5.74, 6) is 2.93. The summed E-state index contributed by atoms with van der Waals surface area (Å²) in [4.78, 5) is 0. The van der Waals surface area contributed by atoms with Crippen LogP contribution in [0.1, 0.15) is 83.3 Å². The van der Waals surface area contributed by atoms with E-state index in [0.717, 1.165) is 44.0 Å². The lowest BCUT2D eigenvalue weighted by Crippen LogP contribution is -2.45. The Labute approximate surface area is 188 Å². The van der Waals surface area contributed by atoms with Crippen LogP contribution in [0.2, 0.25) is 0 Å². The number of hydrogen-bond donors (Lipinski definition) is 1. The van der Waals surface area contributed by atoms with E-state index < -0.39 is 0 Å². The highest BCUT2D eigenvalue weighted by molar-refractivity contribution is 5.54. The first kappa shape index (κ1) is 22.7. The van der Waals surface area contributed by atoms with Gasteiger partial charge in [0.15, 0.2) is 0 Å². The summed E-state index contributed by atoms with van der Waals surface area (Å²) < 4.78 is 19.0. The molecular weight excluding hydrogens is 386 g/mol. The van der Waals surface area contributed by atoms with E-state index in [1.807, 2.05) is 0 Å². The molecule has 3 aliphatic rings. The highest BCUT2D eigenvalue weighted by atomic mass is 16.5. The average molecular weight is 428 g/mol. The Morgan fingerprint density at radius 2 is 2.10 bits per heavy atom. The van der Waals surface area contributed by atoms with Crippen molar-refractivity contribution in [1.82, 2.24) is 5.32 Å². The smallest absolute Gasteiger partial charge is 0.127 e. The van der Waals surface area contributed by atoms with Gasteiger partial charge in [-0.15, -0.1) is 0 Å². The summed E-state index contributed by atoms with van der Waals surface area (Å²) in [6.45, 7) is 12.4. The minimum absolute atomic E-state index is 0.157. The predicted molar refractivity (Wildman–Crippen MR) is 126 cm³/mol. The second-order valence-electron chi connectivity index (χ2n) is 10.2. The van der Waals surface area contributed by atoms with Gasteiger partial charge in [-0.1, -0.05) is 31.4 Å². The minimum atomic E-state index is -0.157. The van der Waals surface area contributed by atoms with Crippen LogP contribution in [0.4, 0.5) is 0 Å². The van der Waals surface area contributed by atoms with Crippen LogP contribution in [0.25, 0.3) is 0 Å². The molecule has 172 valence electrons. The van der Waals surface area contributed by atoms with Gasteiger partial charge in [-0.05, 0) is 64.2 Å². The topological polar surface area (TPSA) is 39.7 Å². The lowest BCUT2D eigenvalue weighted by molar-refractivity contribution is 0.00838. The first-order chi connectivity index (χ1) is 15.0. The molecule has 0 spiro atoms. The van der Waals surface area contributed by atoms with Gasteiger partial charge in [0.05, 0.1) is 19.3 Å². The van der Waals surface area contributed by atoms with Gasteiger partial charge in [0.1, 0.15) is 17.1 Å². The van der Waals surface area contributed by atoms with Gasteiger partial charge in [0.2, 0.25) is 0 Å². The molecule has 1 unspecified atom stereocenters. The van der Waals surface area contributed by atoms with Gasteiger partial charge < -0.3 is 19.5 Å². The van der Waals surface area contributed by atoms with E-state index in [0.29, 0.717) is 18.4 Å². The summed E-state index contributed by atoms with van der Waals surface area (Å²) >= 11 is 0. The second-order valence-corrected chi connectivity index (χ2v) is 10.2. The molecular formula is C27H41NO3. The molecule has 0 amide bonds. The van der Waals surface area contributed by atoms with E-state index >= 15 is 0 Å². The van der Waals surface area contributed by atoms with Crippen LogP contribution in [0, 0.1) is 5.92 Å². The summed E-state index contributed by atoms with van der Waals surface area (Å²) in [5.41, 5.74) is 3.94. The molecule has 1 aliphatic carbocycles. The molecule has 0 saturated carbocycles. The van der Waals surface area contributed by atoms with E-state index in [-0.39, 0.29) is 11.7 Å². The molecule has 1 aromatic carbocycles. The molecule has 1 saturated heterocycles. The largest absolute Gasteiger partial charge is 0.493 e. The van der Waals surface area contributed by atoms with Gasteiger partial charge >= 0.3 is 0 Å². The third-order valence-corrected chi connectivity index (χ3v) is 7.28. The first-order valence-electron chi connectivity index (χ1n) is 12.5. The lowest BCUT2D eigenvalue weighted by atomic mass is 9.68. The first-order valence-corrected chi connectivity index (χ1v) is 12.5. The average Bonchev–Trinajstić information content (AvgIpc) is 2.74. The highest BCUT2D eigenvalue weighted by Crippen LogP contribution is 2.53. The van der Waals surface area contributed by atoms with E-state index in [4.69, 9.17) is 14.2 Å². The molecule has 2 aliphatic heterocycles. The molecule has 1 fully saturated rings. The van der Waals surface area contributed by atoms with Gasteiger partial charge in [0.25, 0.3) is 0 Å². The summed E-state index contributed by atoms with van der Waals surface area (Å²) in [6, 6.07) is 4.59. The van der Waals surface area contributed by atoms with Crippen molar-refractivity contribution in [1.29, 1.82) is 0 Å². The standard InChI is InChI=1S/C27H41NO3/c1-5-6-7-8-20-16-24(30-13-11-21-18-28-12-14-29-21)26-22-15-19(2)9-10-23(22)27(3,4)31-25(26)17-20/h15-17,21-23,28H,5-14,18H2,1-4H3/t21?,22-,23-/m1/s1. The SMILES string of the molecule is CCCCCc1cc(OCCC2CNCCO2)c2c(c1)OC(C)(C)[C@@H]1CCC(C)=C[C@@H]21. The molecule has 1 N–H and O–H groups in total. The number of allylic oxidation sites excluding steroid dienone is 2. The van der Waals surface area contributed by atoms with E-state index in [1.165, 1.54) is 48.8 Å². The van der Waals surface area contributed by atoms with Crippen LogP contribution in [-0.4, -0.2) is 38.0 Å². The number of nitrogens with one attached hydrogen (secondary N) is 1. The molecule has 4 heteroatoms. The maximum atomic E-state index is 6.66. The monoisotopic (exact) mass is 427 g/mol. The lowest BCUT2D eigenvalue weighted by Gasteiger charge is -2.46. The number of benzene rings is 1. The van der Waals surface area contributed by atoms with E-state index in [1.54, 1.807) is 0 Å². The fraction of sp³-hybridized carbons (Fsp3) is 0.704. The maximum absolute atomic E-state index is 6.66. The quantitative estimate of drug-likeness (QED) is 0.421. The molecule has 0 radical (unpaired) electrons. The highest BCUT2D eigenvalue weighted by Gasteiger charge is 2.45. The molecule has 31 heavy (non-hydrogen) atoms. The number of morpholine rings is 1. The van der Waals surface area contributed by atoms with Crippen molar-refractivity contribution in [2.75, 3.05) is 26.3 Å². The number of fused-ring (bicyclic) bond motifs is 3. The van der Waals surface area contributed by atoms with Crippen LogP contribution < -0.4 is 14.8 Å². The van der Waals surface area contributed by atoms with Crippen LogP contribution >= 0.6 is 0 Å². The van der Waals surface area contributed by atoms with Gasteiger partial charge in [-0.25, -0.2) is 0 Å². The summed E-state index contributed by atoms with van der Waals surface area (Å²) in [6.07, 6.45) is 10.8. The number of rotatable bonds is 8. The summed E-state index contributed by atoms with van der Waals surface area (Å²) in [5, 5.41) is 3.41. The normalized spacial score (nSPS) is 27.0. The number of ether oxygens (including phenoxy) is 3. The van der Waals surface area contributed by atoms with Crippen LogP contribution in [0.5, 0.6) is 11.5 Å². The molecule has 1 aromatic rings. The molecule has 0 bridgehead atoms. The molecule has 4 nitrogen and oxygen atoms in total. The Bertz CT molecular complexity index is 779. The maximum Gasteiger partial charge on any atom is 0.127 e. The van der Waals surface area contributed by atoms with Crippen molar-refractivity contribution in [3.8, 4) is 11.5 Å². The fourth-order valence-corrected chi connectivity index (χ4v) is 5.51. The van der Waals surface area contributed by atoms with Crippen molar-refractivity contribution >= 4 is 0 Å². The zero-order valence-corrected chi connectivity index (χ0v) is 20.0. The zero-order chi connectivity index (χ0) is 21.8. The fourth-order valence-electron chi connectivity index (χ4n) is 5.51. The Hall–Kier alpha value is -1.52. The molecule has 0 aromatic heterocycles. The molecule has 3 atom stereocenters.